The molecule has 0 aromatic carbocycles. The molecule has 0 saturated heterocycles. The zero-order valence-electron chi connectivity index (χ0n) is 10.8. The number of aromatic nitrogens is 2. The molecule has 3 rings (SSSR count). The fourth-order valence-electron chi connectivity index (χ4n) is 2.61. The van der Waals surface area contributed by atoms with Crippen LogP contribution in [0.3, 0.4) is 0 Å². The number of rotatable bonds is 7. The Labute approximate surface area is 107 Å². The molecule has 0 radical (unpaired) electrons. The topological polar surface area (TPSA) is 59.3 Å². The average Bonchev–Trinajstić information content (AvgIpc) is 3.28. The van der Waals surface area contributed by atoms with Gasteiger partial charge in [-0.1, -0.05) is 0 Å². The van der Waals surface area contributed by atoms with Gasteiger partial charge in [-0.25, -0.2) is 0 Å². The lowest BCUT2D eigenvalue weighted by atomic mass is 9.93. The molecule has 1 atom stereocenters. The van der Waals surface area contributed by atoms with Crippen LogP contribution in [-0.4, -0.2) is 40.2 Å². The van der Waals surface area contributed by atoms with E-state index in [-0.39, 0.29) is 12.1 Å². The molecule has 2 aliphatic carbocycles. The third-order valence-corrected chi connectivity index (χ3v) is 4.00. The van der Waals surface area contributed by atoms with Crippen molar-refractivity contribution in [3.05, 3.63) is 12.4 Å². The Bertz CT molecular complexity index is 412. The summed E-state index contributed by atoms with van der Waals surface area (Å²) >= 11 is 0. The van der Waals surface area contributed by atoms with Crippen LogP contribution in [0.5, 0.6) is 5.75 Å². The van der Waals surface area contributed by atoms with Gasteiger partial charge in [-0.15, -0.1) is 0 Å². The zero-order valence-corrected chi connectivity index (χ0v) is 10.8. The van der Waals surface area contributed by atoms with Crippen LogP contribution in [0.4, 0.5) is 0 Å². The smallest absolute Gasteiger partial charge is 0.156 e. The number of methoxy groups -OCH3 is 1. The van der Waals surface area contributed by atoms with Crippen LogP contribution in [0, 0.1) is 5.92 Å². The number of ether oxygens (including phenoxy) is 1. The molecule has 2 aliphatic rings. The van der Waals surface area contributed by atoms with E-state index in [1.165, 1.54) is 25.7 Å². The van der Waals surface area contributed by atoms with Gasteiger partial charge in [-0.2, -0.15) is 5.10 Å². The Balaban J connectivity index is 1.74. The van der Waals surface area contributed by atoms with E-state index in [0.29, 0.717) is 18.5 Å². The van der Waals surface area contributed by atoms with E-state index in [4.69, 9.17) is 4.74 Å². The standard InChI is InChI=1S/C13H21N3O2/c1-18-12-6-14-16(7-12)8-13(9-17,10-2-3-10)15-11-4-5-11/h6-7,10-11,15,17H,2-5,8-9H2,1H3. The van der Waals surface area contributed by atoms with Crippen molar-refractivity contribution in [2.75, 3.05) is 13.7 Å². The quantitative estimate of drug-likeness (QED) is 0.752. The second-order valence-corrected chi connectivity index (χ2v) is 5.58. The summed E-state index contributed by atoms with van der Waals surface area (Å²) in [7, 11) is 1.64. The fourth-order valence-corrected chi connectivity index (χ4v) is 2.61. The van der Waals surface area contributed by atoms with Gasteiger partial charge in [0.2, 0.25) is 0 Å². The number of aliphatic hydroxyl groups excluding tert-OH is 1. The number of aliphatic hydroxyl groups is 1. The van der Waals surface area contributed by atoms with Gasteiger partial charge in [0, 0.05) is 6.04 Å². The van der Waals surface area contributed by atoms with Gasteiger partial charge in [0.15, 0.2) is 5.75 Å². The van der Waals surface area contributed by atoms with Crippen molar-refractivity contribution in [2.45, 2.75) is 43.8 Å². The Morgan fingerprint density at radius 2 is 2.28 bits per heavy atom. The van der Waals surface area contributed by atoms with E-state index in [0.717, 1.165) is 5.75 Å². The van der Waals surface area contributed by atoms with Crippen molar-refractivity contribution >= 4 is 0 Å². The van der Waals surface area contributed by atoms with Gasteiger partial charge >= 0.3 is 0 Å². The van der Waals surface area contributed by atoms with Gasteiger partial charge < -0.3 is 15.2 Å². The number of nitrogens with one attached hydrogen (secondary N) is 1. The zero-order chi connectivity index (χ0) is 12.6. The highest BCUT2D eigenvalue weighted by Crippen LogP contribution is 2.42. The molecule has 1 aromatic heterocycles. The van der Waals surface area contributed by atoms with Crippen LogP contribution < -0.4 is 10.1 Å². The van der Waals surface area contributed by atoms with Crippen LogP contribution in [0.2, 0.25) is 0 Å². The highest BCUT2D eigenvalue weighted by Gasteiger charge is 2.47. The average molecular weight is 251 g/mol. The maximum atomic E-state index is 9.85. The molecule has 2 saturated carbocycles. The lowest BCUT2D eigenvalue weighted by molar-refractivity contribution is 0.116. The fraction of sp³-hybridized carbons (Fsp3) is 0.769. The third-order valence-electron chi connectivity index (χ3n) is 4.00. The normalized spacial score (nSPS) is 22.8. The number of hydrogen-bond donors (Lipinski definition) is 2. The van der Waals surface area contributed by atoms with Crippen molar-refractivity contribution in [3.8, 4) is 5.75 Å². The summed E-state index contributed by atoms with van der Waals surface area (Å²) in [6, 6.07) is 0.593. The summed E-state index contributed by atoms with van der Waals surface area (Å²) in [5.74, 6) is 1.35. The van der Waals surface area contributed by atoms with E-state index in [9.17, 15) is 5.11 Å². The van der Waals surface area contributed by atoms with Crippen molar-refractivity contribution in [3.63, 3.8) is 0 Å². The summed E-state index contributed by atoms with van der Waals surface area (Å²) in [5.41, 5.74) is -0.196. The maximum Gasteiger partial charge on any atom is 0.156 e. The SMILES string of the molecule is COc1cnn(CC(CO)(NC2CC2)C2CC2)c1. The van der Waals surface area contributed by atoms with Crippen molar-refractivity contribution in [1.29, 1.82) is 0 Å². The van der Waals surface area contributed by atoms with Crippen LogP contribution in [-0.2, 0) is 6.54 Å². The molecule has 0 bridgehead atoms. The van der Waals surface area contributed by atoms with Crippen molar-refractivity contribution < 1.29 is 9.84 Å². The molecule has 0 aliphatic heterocycles. The van der Waals surface area contributed by atoms with Crippen LogP contribution in [0.15, 0.2) is 12.4 Å². The van der Waals surface area contributed by atoms with Gasteiger partial charge in [-0.3, -0.25) is 4.68 Å². The highest BCUT2D eigenvalue weighted by atomic mass is 16.5. The Morgan fingerprint density at radius 1 is 1.50 bits per heavy atom. The number of nitrogens with zero attached hydrogens (tertiary/aromatic N) is 2. The third kappa shape index (κ3) is 2.37. The summed E-state index contributed by atoms with van der Waals surface area (Å²) in [5, 5.41) is 17.8. The lowest BCUT2D eigenvalue weighted by Gasteiger charge is -2.33. The molecule has 5 heteroatoms. The Kier molecular flexibility index (Phi) is 3.03. The molecule has 0 amide bonds. The predicted octanol–water partition coefficient (Wildman–Crippen LogP) is 0.785. The maximum absolute atomic E-state index is 9.85. The summed E-state index contributed by atoms with van der Waals surface area (Å²) in [4.78, 5) is 0. The van der Waals surface area contributed by atoms with Gasteiger partial charge in [0.1, 0.15) is 0 Å². The highest BCUT2D eigenvalue weighted by molar-refractivity contribution is 5.12. The molecule has 100 valence electrons. The molecule has 18 heavy (non-hydrogen) atoms. The Morgan fingerprint density at radius 3 is 2.78 bits per heavy atom. The molecule has 1 aromatic rings. The summed E-state index contributed by atoms with van der Waals surface area (Å²) in [6.45, 7) is 0.893. The Hall–Kier alpha value is -1.07. The molecular weight excluding hydrogens is 230 g/mol. The molecule has 2 N–H and O–H groups in total. The predicted molar refractivity (Wildman–Crippen MR) is 67.5 cm³/mol. The summed E-state index contributed by atoms with van der Waals surface area (Å²) < 4.78 is 7.02. The first-order valence-corrected chi connectivity index (χ1v) is 6.71. The first-order chi connectivity index (χ1) is 8.75. The van der Waals surface area contributed by atoms with Crippen LogP contribution >= 0.6 is 0 Å². The lowest BCUT2D eigenvalue weighted by Crippen LogP contribution is -2.54. The van der Waals surface area contributed by atoms with Crippen LogP contribution in [0.25, 0.3) is 0 Å². The summed E-state index contributed by atoms with van der Waals surface area (Å²) in [6.07, 6.45) is 8.48. The van der Waals surface area contributed by atoms with E-state index >= 15 is 0 Å². The van der Waals surface area contributed by atoms with E-state index in [1.54, 1.807) is 13.3 Å². The first-order valence-electron chi connectivity index (χ1n) is 6.71. The minimum atomic E-state index is -0.196. The largest absolute Gasteiger partial charge is 0.493 e. The van der Waals surface area contributed by atoms with E-state index in [1.807, 2.05) is 10.9 Å². The van der Waals surface area contributed by atoms with Crippen molar-refractivity contribution in [2.24, 2.45) is 5.92 Å². The van der Waals surface area contributed by atoms with Gasteiger partial charge in [0.25, 0.3) is 0 Å². The van der Waals surface area contributed by atoms with Gasteiger partial charge in [-0.05, 0) is 31.6 Å². The van der Waals surface area contributed by atoms with Crippen molar-refractivity contribution in [1.82, 2.24) is 15.1 Å². The first kappa shape index (κ1) is 12.0. The molecule has 0 spiro atoms. The van der Waals surface area contributed by atoms with E-state index in [2.05, 4.69) is 10.4 Å². The monoisotopic (exact) mass is 251 g/mol. The minimum Gasteiger partial charge on any atom is -0.493 e. The second-order valence-electron chi connectivity index (χ2n) is 5.58. The van der Waals surface area contributed by atoms with E-state index < -0.39 is 0 Å². The molecule has 5 nitrogen and oxygen atoms in total. The second kappa shape index (κ2) is 4.55. The molecule has 1 unspecified atom stereocenters. The molecule has 2 fully saturated rings. The minimum absolute atomic E-state index is 0.177. The molecular formula is C13H21N3O2. The van der Waals surface area contributed by atoms with Gasteiger partial charge in [0.05, 0.1) is 38.2 Å². The molecule has 1 heterocycles. The van der Waals surface area contributed by atoms with Crippen LogP contribution in [0.1, 0.15) is 25.7 Å². The number of hydrogen-bond acceptors (Lipinski definition) is 4.